The van der Waals surface area contributed by atoms with Crippen LogP contribution < -0.4 is 10.1 Å². The van der Waals surface area contributed by atoms with E-state index in [1.807, 2.05) is 30.3 Å². The number of nitrogens with one attached hydrogen (secondary N) is 1. The van der Waals surface area contributed by atoms with Crippen molar-refractivity contribution in [3.8, 4) is 11.8 Å². The van der Waals surface area contributed by atoms with Crippen LogP contribution in [0.3, 0.4) is 0 Å². The smallest absolute Gasteiger partial charge is 0.225 e. The fourth-order valence-electron chi connectivity index (χ4n) is 2.85. The highest BCUT2D eigenvalue weighted by atomic mass is 79.9. The fraction of sp³-hybridized carbons (Fsp3) is 0.200. The van der Waals surface area contributed by atoms with E-state index in [4.69, 9.17) is 16.3 Å². The number of methoxy groups -OCH3 is 1. The molecule has 3 rings (SSSR count). The van der Waals surface area contributed by atoms with Crippen LogP contribution in [-0.2, 0) is 10.5 Å². The summed E-state index contributed by atoms with van der Waals surface area (Å²) < 4.78 is 6.19. The quantitative estimate of drug-likeness (QED) is 0.646. The third-order valence-corrected chi connectivity index (χ3v) is 6.14. The standard InChI is InChI=1S/C20H16BrClN2O2S/c1-26-18-7-4-13(8-17(18)22)15-9-19(25)24-20(16(15)10-23)27-11-12-2-5-14(21)6-3-12/h2-8,15H,9,11H2,1H3,(H,24,25)/t15-/m0/s1. The van der Waals surface area contributed by atoms with Crippen molar-refractivity contribution >= 4 is 45.2 Å². The van der Waals surface area contributed by atoms with E-state index in [-0.39, 0.29) is 18.2 Å². The molecule has 1 aliphatic rings. The molecule has 0 aromatic heterocycles. The van der Waals surface area contributed by atoms with Gasteiger partial charge in [0.25, 0.3) is 0 Å². The highest BCUT2D eigenvalue weighted by molar-refractivity contribution is 9.10. The molecule has 0 bridgehead atoms. The minimum atomic E-state index is -0.320. The van der Waals surface area contributed by atoms with Crippen molar-refractivity contribution in [2.24, 2.45) is 0 Å². The van der Waals surface area contributed by atoms with E-state index < -0.39 is 0 Å². The molecular weight excluding hydrogens is 448 g/mol. The molecule has 0 radical (unpaired) electrons. The van der Waals surface area contributed by atoms with Crippen molar-refractivity contribution in [1.29, 1.82) is 5.26 Å². The molecule has 1 amide bonds. The third kappa shape index (κ3) is 4.67. The van der Waals surface area contributed by atoms with Gasteiger partial charge in [-0.05, 0) is 35.4 Å². The Morgan fingerprint density at radius 3 is 2.70 bits per heavy atom. The monoisotopic (exact) mass is 462 g/mol. The van der Waals surface area contributed by atoms with Crippen molar-refractivity contribution in [2.75, 3.05) is 7.11 Å². The normalized spacial score (nSPS) is 16.7. The summed E-state index contributed by atoms with van der Waals surface area (Å²) >= 11 is 11.1. The summed E-state index contributed by atoms with van der Waals surface area (Å²) in [6.45, 7) is 0. The Hall–Kier alpha value is -1.94. The zero-order valence-corrected chi connectivity index (χ0v) is 17.6. The van der Waals surface area contributed by atoms with Gasteiger partial charge in [0, 0.05) is 22.6 Å². The predicted molar refractivity (Wildman–Crippen MR) is 112 cm³/mol. The fourth-order valence-corrected chi connectivity index (χ4v) is 4.42. The molecule has 0 aliphatic carbocycles. The summed E-state index contributed by atoms with van der Waals surface area (Å²) in [6.07, 6.45) is 0.216. The van der Waals surface area contributed by atoms with Crippen molar-refractivity contribution in [2.45, 2.75) is 18.1 Å². The van der Waals surface area contributed by atoms with E-state index in [9.17, 15) is 10.1 Å². The van der Waals surface area contributed by atoms with Gasteiger partial charge in [-0.25, -0.2) is 0 Å². The summed E-state index contributed by atoms with van der Waals surface area (Å²) in [6, 6.07) is 15.6. The zero-order valence-electron chi connectivity index (χ0n) is 14.5. The van der Waals surface area contributed by atoms with Crippen molar-refractivity contribution in [3.63, 3.8) is 0 Å². The number of hydrogen-bond acceptors (Lipinski definition) is 4. The van der Waals surface area contributed by atoms with Crippen LogP contribution in [0.2, 0.25) is 5.02 Å². The number of ether oxygens (including phenoxy) is 1. The second kappa shape index (κ2) is 8.83. The lowest BCUT2D eigenvalue weighted by Crippen LogP contribution is -2.30. The molecule has 0 saturated carbocycles. The average Bonchev–Trinajstić information content (AvgIpc) is 2.67. The third-order valence-electron chi connectivity index (χ3n) is 4.23. The van der Waals surface area contributed by atoms with Crippen molar-refractivity contribution < 1.29 is 9.53 Å². The molecular formula is C20H16BrClN2O2S. The highest BCUT2D eigenvalue weighted by Crippen LogP contribution is 2.39. The number of benzene rings is 2. The number of halogens is 2. The number of carbonyl (C=O) groups excluding carboxylic acids is 1. The molecule has 138 valence electrons. The van der Waals surface area contributed by atoms with Crippen LogP contribution in [0.25, 0.3) is 0 Å². The van der Waals surface area contributed by atoms with Gasteiger partial charge >= 0.3 is 0 Å². The number of hydrogen-bond donors (Lipinski definition) is 1. The van der Waals surface area contributed by atoms with Gasteiger partial charge < -0.3 is 10.1 Å². The summed E-state index contributed by atoms with van der Waals surface area (Å²) in [5, 5.41) is 13.7. The number of allylic oxidation sites excluding steroid dienone is 1. The maximum absolute atomic E-state index is 12.3. The topological polar surface area (TPSA) is 62.1 Å². The first-order valence-corrected chi connectivity index (χ1v) is 10.3. The molecule has 7 heteroatoms. The Morgan fingerprint density at radius 1 is 1.33 bits per heavy atom. The molecule has 0 fully saturated rings. The molecule has 2 aromatic rings. The van der Waals surface area contributed by atoms with Crippen LogP contribution in [0, 0.1) is 11.3 Å². The zero-order chi connectivity index (χ0) is 19.4. The Kier molecular flexibility index (Phi) is 6.48. The lowest BCUT2D eigenvalue weighted by molar-refractivity contribution is -0.120. The van der Waals surface area contributed by atoms with Gasteiger partial charge in [-0.15, -0.1) is 11.8 Å². The van der Waals surface area contributed by atoms with E-state index in [0.29, 0.717) is 27.1 Å². The highest BCUT2D eigenvalue weighted by Gasteiger charge is 2.30. The summed E-state index contributed by atoms with van der Waals surface area (Å²) in [5.41, 5.74) is 2.49. The molecule has 0 unspecified atom stereocenters. The minimum Gasteiger partial charge on any atom is -0.495 e. The Bertz CT molecular complexity index is 938. The number of carbonyl (C=O) groups is 1. The van der Waals surface area contributed by atoms with Crippen LogP contribution in [0.15, 0.2) is 57.5 Å². The van der Waals surface area contributed by atoms with E-state index in [1.54, 1.807) is 19.2 Å². The summed E-state index contributed by atoms with van der Waals surface area (Å²) in [7, 11) is 1.55. The molecule has 0 saturated heterocycles. The number of nitriles is 1. The predicted octanol–water partition coefficient (Wildman–Crippen LogP) is 5.38. The number of thioether (sulfide) groups is 1. The van der Waals surface area contributed by atoms with E-state index in [2.05, 4.69) is 27.3 Å². The summed E-state index contributed by atoms with van der Waals surface area (Å²) in [5.74, 6) is 0.793. The molecule has 2 aromatic carbocycles. The summed E-state index contributed by atoms with van der Waals surface area (Å²) in [4.78, 5) is 12.3. The molecule has 0 spiro atoms. The van der Waals surface area contributed by atoms with Crippen molar-refractivity contribution in [1.82, 2.24) is 5.32 Å². The molecule has 1 atom stereocenters. The van der Waals surface area contributed by atoms with E-state index >= 15 is 0 Å². The Balaban J connectivity index is 1.89. The van der Waals surface area contributed by atoms with Crippen molar-refractivity contribution in [3.05, 3.63) is 73.7 Å². The minimum absolute atomic E-state index is 0.107. The second-order valence-corrected chi connectivity index (χ2v) is 8.28. The number of rotatable bonds is 5. The van der Waals surface area contributed by atoms with E-state index in [1.165, 1.54) is 11.8 Å². The van der Waals surface area contributed by atoms with Crippen LogP contribution in [-0.4, -0.2) is 13.0 Å². The number of amides is 1. The van der Waals surface area contributed by atoms with Gasteiger partial charge in [0.1, 0.15) is 5.75 Å². The first-order valence-electron chi connectivity index (χ1n) is 8.16. The SMILES string of the molecule is COc1ccc([C@@H]2CC(=O)NC(SCc3ccc(Br)cc3)=C2C#N)cc1Cl. The van der Waals surface area contributed by atoms with Crippen LogP contribution in [0.1, 0.15) is 23.5 Å². The van der Waals surface area contributed by atoms with Gasteiger partial charge in [0.2, 0.25) is 5.91 Å². The van der Waals surface area contributed by atoms with E-state index in [0.717, 1.165) is 15.6 Å². The van der Waals surface area contributed by atoms with Gasteiger partial charge in [-0.1, -0.05) is 45.7 Å². The maximum atomic E-state index is 12.3. The maximum Gasteiger partial charge on any atom is 0.225 e. The Labute approximate surface area is 175 Å². The molecule has 4 nitrogen and oxygen atoms in total. The molecule has 1 N–H and O–H groups in total. The Morgan fingerprint density at radius 2 is 2.07 bits per heavy atom. The molecule has 1 heterocycles. The first kappa shape index (κ1) is 19.8. The van der Waals surface area contributed by atoms with Crippen LogP contribution >= 0.6 is 39.3 Å². The van der Waals surface area contributed by atoms with Gasteiger partial charge in [-0.2, -0.15) is 5.26 Å². The lowest BCUT2D eigenvalue weighted by atomic mass is 9.87. The number of nitrogens with zero attached hydrogens (tertiary/aromatic N) is 1. The first-order chi connectivity index (χ1) is 13.0. The van der Waals surface area contributed by atoms with Crippen LogP contribution in [0.4, 0.5) is 0 Å². The van der Waals surface area contributed by atoms with Gasteiger partial charge in [0.05, 0.1) is 28.8 Å². The van der Waals surface area contributed by atoms with Gasteiger partial charge in [0.15, 0.2) is 0 Å². The van der Waals surface area contributed by atoms with Crippen LogP contribution in [0.5, 0.6) is 5.75 Å². The average molecular weight is 464 g/mol. The van der Waals surface area contributed by atoms with Gasteiger partial charge in [-0.3, -0.25) is 4.79 Å². The second-order valence-electron chi connectivity index (χ2n) is 5.97. The lowest BCUT2D eigenvalue weighted by Gasteiger charge is -2.25. The molecule has 1 aliphatic heterocycles. The molecule has 27 heavy (non-hydrogen) atoms. The largest absolute Gasteiger partial charge is 0.495 e.